The van der Waals surface area contributed by atoms with Gasteiger partial charge in [-0.1, -0.05) is 23.2 Å². The number of rotatable bonds is 7. The Morgan fingerprint density at radius 3 is 2.76 bits per heavy atom. The first-order chi connectivity index (χ1) is 11.9. The number of hydrogen-bond donors (Lipinski definition) is 3. The first-order valence-corrected chi connectivity index (χ1v) is 8.72. The Balaban J connectivity index is 1.78. The summed E-state index contributed by atoms with van der Waals surface area (Å²) in [5, 5.41) is 12.7. The van der Waals surface area contributed by atoms with Crippen LogP contribution in [0.4, 0.5) is 0 Å². The number of aromatic amines is 1. The highest BCUT2D eigenvalue weighted by Crippen LogP contribution is 2.20. The number of nitrogens with zero attached hydrogens (tertiary/aromatic N) is 2. The summed E-state index contributed by atoms with van der Waals surface area (Å²) in [6, 6.07) is 4.53. The van der Waals surface area contributed by atoms with Crippen LogP contribution in [-0.4, -0.2) is 39.7 Å². The van der Waals surface area contributed by atoms with E-state index in [0.717, 1.165) is 5.82 Å². The molecule has 0 radical (unpaired) electrons. The molecule has 0 fully saturated rings. The van der Waals surface area contributed by atoms with Gasteiger partial charge in [0.15, 0.2) is 4.77 Å². The summed E-state index contributed by atoms with van der Waals surface area (Å²) in [5.74, 6) is 0.0177. The Labute approximate surface area is 159 Å². The fourth-order valence-electron chi connectivity index (χ4n) is 2.17. The maximum absolute atomic E-state index is 12.0. The zero-order valence-corrected chi connectivity index (χ0v) is 15.8. The first-order valence-electron chi connectivity index (χ1n) is 7.56. The second-order valence-electron chi connectivity index (χ2n) is 5.10. The first kappa shape index (κ1) is 19.4. The maximum atomic E-state index is 12.0. The van der Waals surface area contributed by atoms with Crippen molar-refractivity contribution in [2.75, 3.05) is 13.1 Å². The molecule has 0 spiro atoms. The van der Waals surface area contributed by atoms with E-state index in [4.69, 9.17) is 35.4 Å². The number of nitrogens with one attached hydrogen (secondary N) is 3. The molecule has 10 heteroatoms. The van der Waals surface area contributed by atoms with Crippen LogP contribution in [0.1, 0.15) is 23.1 Å². The van der Waals surface area contributed by atoms with Gasteiger partial charge in [0.2, 0.25) is 5.91 Å². The molecule has 0 aliphatic rings. The van der Waals surface area contributed by atoms with Gasteiger partial charge in [-0.3, -0.25) is 14.7 Å². The number of halogens is 2. The molecule has 134 valence electrons. The number of aromatic nitrogens is 3. The van der Waals surface area contributed by atoms with E-state index < -0.39 is 5.91 Å². The number of carbonyl (C=O) groups is 2. The lowest BCUT2D eigenvalue weighted by molar-refractivity contribution is -0.120. The summed E-state index contributed by atoms with van der Waals surface area (Å²) in [7, 11) is 0. The second-order valence-corrected chi connectivity index (χ2v) is 6.33. The summed E-state index contributed by atoms with van der Waals surface area (Å²) in [6.45, 7) is 2.90. The monoisotopic (exact) mass is 401 g/mol. The average Bonchev–Trinajstić information content (AvgIpc) is 2.92. The smallest absolute Gasteiger partial charge is 0.253 e. The zero-order chi connectivity index (χ0) is 18.4. The van der Waals surface area contributed by atoms with Crippen molar-refractivity contribution < 1.29 is 9.59 Å². The van der Waals surface area contributed by atoms with Gasteiger partial charge in [0.1, 0.15) is 5.82 Å². The highest BCUT2D eigenvalue weighted by atomic mass is 35.5. The number of carbonyl (C=O) groups excluding carboxylic acids is 2. The second kappa shape index (κ2) is 8.98. The average molecular weight is 402 g/mol. The third kappa shape index (κ3) is 5.29. The topological polar surface area (TPSA) is 91.8 Å². The molecule has 3 N–H and O–H groups in total. The van der Waals surface area contributed by atoms with Gasteiger partial charge in [0.05, 0.1) is 17.1 Å². The Bertz CT molecular complexity index is 834. The predicted octanol–water partition coefficient (Wildman–Crippen LogP) is 2.36. The fourth-order valence-corrected chi connectivity index (χ4v) is 2.95. The summed E-state index contributed by atoms with van der Waals surface area (Å²) in [6.07, 6.45) is 0.531. The van der Waals surface area contributed by atoms with Crippen LogP contribution in [0, 0.1) is 4.77 Å². The quantitative estimate of drug-likeness (QED) is 0.620. The van der Waals surface area contributed by atoms with Crippen molar-refractivity contribution in [2.45, 2.75) is 19.9 Å². The van der Waals surface area contributed by atoms with Crippen molar-refractivity contribution in [3.63, 3.8) is 0 Å². The molecule has 0 saturated carbocycles. The van der Waals surface area contributed by atoms with Gasteiger partial charge in [-0.05, 0) is 37.3 Å². The van der Waals surface area contributed by atoms with Crippen molar-refractivity contribution >= 4 is 47.2 Å². The van der Waals surface area contributed by atoms with Gasteiger partial charge in [0.25, 0.3) is 5.91 Å². The molecule has 0 aliphatic heterocycles. The molecule has 0 bridgehead atoms. The highest BCUT2D eigenvalue weighted by molar-refractivity contribution is 7.71. The van der Waals surface area contributed by atoms with Crippen LogP contribution < -0.4 is 10.6 Å². The zero-order valence-electron chi connectivity index (χ0n) is 13.4. The third-order valence-corrected chi connectivity index (χ3v) is 4.27. The largest absolute Gasteiger partial charge is 0.354 e. The molecule has 0 saturated heterocycles. The molecule has 2 rings (SSSR count). The molecule has 1 aromatic carbocycles. The SMILES string of the molecule is CCn1c(CCNC(=O)CNC(=O)c2ccc(Cl)cc2Cl)n[nH]c1=S. The van der Waals surface area contributed by atoms with Crippen LogP contribution in [0.25, 0.3) is 0 Å². The molecule has 2 amide bonds. The van der Waals surface area contributed by atoms with Gasteiger partial charge >= 0.3 is 0 Å². The van der Waals surface area contributed by atoms with Gasteiger partial charge in [-0.2, -0.15) is 5.10 Å². The summed E-state index contributed by atoms with van der Waals surface area (Å²) >= 11 is 16.8. The minimum atomic E-state index is -0.441. The lowest BCUT2D eigenvalue weighted by atomic mass is 10.2. The Morgan fingerprint density at radius 1 is 1.32 bits per heavy atom. The molecular weight excluding hydrogens is 385 g/mol. The normalized spacial score (nSPS) is 10.5. The Morgan fingerprint density at radius 2 is 2.08 bits per heavy atom. The number of H-pyrrole nitrogens is 1. The van der Waals surface area contributed by atoms with Crippen LogP contribution >= 0.6 is 35.4 Å². The van der Waals surface area contributed by atoms with Crippen LogP contribution in [0.2, 0.25) is 10.0 Å². The van der Waals surface area contributed by atoms with E-state index in [-0.39, 0.29) is 23.0 Å². The summed E-state index contributed by atoms with van der Waals surface area (Å²) in [5.41, 5.74) is 0.261. The number of benzene rings is 1. The molecule has 1 aromatic heterocycles. The molecule has 7 nitrogen and oxygen atoms in total. The predicted molar refractivity (Wildman–Crippen MR) is 98.6 cm³/mol. The maximum Gasteiger partial charge on any atom is 0.253 e. The van der Waals surface area contributed by atoms with Crippen molar-refractivity contribution in [3.05, 3.63) is 44.4 Å². The molecule has 0 unspecified atom stereocenters. The van der Waals surface area contributed by atoms with Gasteiger partial charge < -0.3 is 15.2 Å². The number of hydrogen-bond acceptors (Lipinski definition) is 4. The van der Waals surface area contributed by atoms with Gasteiger partial charge in [0, 0.05) is 24.5 Å². The molecule has 0 aliphatic carbocycles. The molecule has 25 heavy (non-hydrogen) atoms. The molecule has 1 heterocycles. The standard InChI is InChI=1S/C15H17Cl2N5O2S/c1-2-22-12(20-21-15(22)25)5-6-18-13(23)8-19-14(24)10-4-3-9(16)7-11(10)17/h3-4,7H,2,5-6,8H2,1H3,(H,18,23)(H,19,24)(H,21,25). The Hall–Kier alpha value is -1.90. The van der Waals surface area contributed by atoms with Crippen molar-refractivity contribution in [1.82, 2.24) is 25.4 Å². The van der Waals surface area contributed by atoms with E-state index in [0.29, 0.717) is 29.3 Å². The lowest BCUT2D eigenvalue weighted by Gasteiger charge is -2.08. The van der Waals surface area contributed by atoms with Crippen LogP contribution in [0.15, 0.2) is 18.2 Å². The van der Waals surface area contributed by atoms with Crippen LogP contribution in [0.3, 0.4) is 0 Å². The minimum Gasteiger partial charge on any atom is -0.354 e. The molecule has 2 aromatic rings. The van der Waals surface area contributed by atoms with E-state index in [1.807, 2.05) is 11.5 Å². The van der Waals surface area contributed by atoms with Crippen LogP contribution in [0.5, 0.6) is 0 Å². The van der Waals surface area contributed by atoms with Crippen molar-refractivity contribution in [2.24, 2.45) is 0 Å². The summed E-state index contributed by atoms with van der Waals surface area (Å²) < 4.78 is 2.40. The molecular formula is C15H17Cl2N5O2S. The van der Waals surface area contributed by atoms with E-state index in [1.54, 1.807) is 6.07 Å². The summed E-state index contributed by atoms with van der Waals surface area (Å²) in [4.78, 5) is 23.8. The lowest BCUT2D eigenvalue weighted by Crippen LogP contribution is -2.38. The molecule has 0 atom stereocenters. The van der Waals surface area contributed by atoms with Crippen molar-refractivity contribution in [3.8, 4) is 0 Å². The fraction of sp³-hybridized carbons (Fsp3) is 0.333. The van der Waals surface area contributed by atoms with E-state index in [1.165, 1.54) is 12.1 Å². The van der Waals surface area contributed by atoms with Gasteiger partial charge in [-0.25, -0.2) is 0 Å². The van der Waals surface area contributed by atoms with E-state index in [2.05, 4.69) is 20.8 Å². The van der Waals surface area contributed by atoms with Gasteiger partial charge in [-0.15, -0.1) is 0 Å². The Kier molecular flexibility index (Phi) is 6.98. The highest BCUT2D eigenvalue weighted by Gasteiger charge is 2.12. The van der Waals surface area contributed by atoms with E-state index in [9.17, 15) is 9.59 Å². The van der Waals surface area contributed by atoms with Crippen LogP contribution in [-0.2, 0) is 17.8 Å². The third-order valence-electron chi connectivity index (χ3n) is 3.41. The number of amides is 2. The van der Waals surface area contributed by atoms with Crippen molar-refractivity contribution in [1.29, 1.82) is 0 Å². The van der Waals surface area contributed by atoms with E-state index >= 15 is 0 Å². The minimum absolute atomic E-state index is 0.154.